The minimum atomic E-state index is -4.36. The number of hydrogen-bond acceptors (Lipinski definition) is 6. The summed E-state index contributed by atoms with van der Waals surface area (Å²) in [6, 6.07) is 5.73. The van der Waals surface area contributed by atoms with Crippen LogP contribution in [0.25, 0.3) is 17.2 Å². The molecular formula is C23H24F3N9. The average Bonchev–Trinajstić information content (AvgIpc) is 3.45. The van der Waals surface area contributed by atoms with Gasteiger partial charge in [0.15, 0.2) is 0 Å². The molecule has 12 heteroatoms. The third kappa shape index (κ3) is 3.34. The molecule has 2 aliphatic rings. The highest BCUT2D eigenvalue weighted by molar-refractivity contribution is 5.68. The van der Waals surface area contributed by atoms with Crippen LogP contribution in [0.4, 0.5) is 24.8 Å². The molecule has 5 heterocycles. The van der Waals surface area contributed by atoms with Crippen molar-refractivity contribution in [1.29, 1.82) is 0 Å². The predicted octanol–water partition coefficient (Wildman–Crippen LogP) is 4.24. The predicted molar refractivity (Wildman–Crippen MR) is 122 cm³/mol. The molecule has 1 fully saturated rings. The third-order valence-corrected chi connectivity index (χ3v) is 7.15. The van der Waals surface area contributed by atoms with Crippen molar-refractivity contribution in [2.24, 2.45) is 7.05 Å². The van der Waals surface area contributed by atoms with E-state index < -0.39 is 11.6 Å². The lowest BCUT2D eigenvalue weighted by Gasteiger charge is -2.42. The third-order valence-electron chi connectivity index (χ3n) is 7.15. The Morgan fingerprint density at radius 2 is 1.94 bits per heavy atom. The van der Waals surface area contributed by atoms with Crippen molar-refractivity contribution < 1.29 is 13.2 Å². The minimum absolute atomic E-state index is 0.0129. The zero-order chi connectivity index (χ0) is 24.4. The van der Waals surface area contributed by atoms with Gasteiger partial charge in [-0.1, -0.05) is 6.42 Å². The van der Waals surface area contributed by atoms with Crippen molar-refractivity contribution in [2.75, 3.05) is 5.32 Å². The molecule has 0 aromatic carbocycles. The zero-order valence-electron chi connectivity index (χ0n) is 19.3. The number of pyridine rings is 1. The fourth-order valence-electron chi connectivity index (χ4n) is 4.99. The van der Waals surface area contributed by atoms with Crippen LogP contribution < -0.4 is 5.32 Å². The Morgan fingerprint density at radius 1 is 1.11 bits per heavy atom. The molecule has 1 N–H and O–H groups in total. The standard InChI is InChI=1S/C23H24F3N9/c1-14-13-27-18(29-19-6-9-28-33(19)2)12-16(14)17-11-15-5-3-10-34-20(30-31-21(34)35(15)32-17)22(7-4-8-22)23(24,25)26/h6,9,11-13H,3-5,7-8,10H2,1-2H3,(H,27,29). The van der Waals surface area contributed by atoms with Crippen LogP contribution in [0.3, 0.4) is 0 Å². The van der Waals surface area contributed by atoms with Crippen molar-refractivity contribution in [1.82, 2.24) is 39.3 Å². The molecule has 6 rings (SSSR count). The van der Waals surface area contributed by atoms with E-state index >= 15 is 0 Å². The number of hydrogen-bond donors (Lipinski definition) is 1. The quantitative estimate of drug-likeness (QED) is 0.467. The highest BCUT2D eigenvalue weighted by Gasteiger charge is 2.62. The Morgan fingerprint density at radius 3 is 2.63 bits per heavy atom. The van der Waals surface area contributed by atoms with E-state index in [-0.39, 0.29) is 18.7 Å². The van der Waals surface area contributed by atoms with Crippen LogP contribution in [-0.2, 0) is 25.4 Å². The lowest BCUT2D eigenvalue weighted by atomic mass is 9.67. The molecule has 1 aliphatic carbocycles. The molecule has 1 aliphatic heterocycles. The van der Waals surface area contributed by atoms with E-state index in [9.17, 15) is 13.2 Å². The highest BCUT2D eigenvalue weighted by Crippen LogP contribution is 2.54. The Hall–Kier alpha value is -3.70. The van der Waals surface area contributed by atoms with Crippen molar-refractivity contribution >= 4 is 11.6 Å². The monoisotopic (exact) mass is 483 g/mol. The summed E-state index contributed by atoms with van der Waals surface area (Å²) in [4.78, 5) is 4.46. The number of nitrogens with zero attached hydrogens (tertiary/aromatic N) is 8. The summed E-state index contributed by atoms with van der Waals surface area (Å²) in [5.41, 5.74) is 1.50. The van der Waals surface area contributed by atoms with E-state index in [1.165, 1.54) is 0 Å². The molecule has 9 nitrogen and oxygen atoms in total. The minimum Gasteiger partial charge on any atom is -0.325 e. The van der Waals surface area contributed by atoms with Gasteiger partial charge in [0.1, 0.15) is 22.9 Å². The van der Waals surface area contributed by atoms with Crippen LogP contribution in [-0.4, -0.2) is 45.5 Å². The molecular weight excluding hydrogens is 459 g/mol. The number of fused-ring (bicyclic) bond motifs is 3. The summed E-state index contributed by atoms with van der Waals surface area (Å²) in [5.74, 6) is 1.79. The number of alkyl halides is 3. The number of rotatable bonds is 4. The van der Waals surface area contributed by atoms with Crippen LogP contribution in [0.2, 0.25) is 0 Å². The van der Waals surface area contributed by atoms with E-state index in [0.29, 0.717) is 43.3 Å². The van der Waals surface area contributed by atoms with Gasteiger partial charge in [-0.25, -0.2) is 9.67 Å². The normalized spacial score (nSPS) is 16.8. The smallest absolute Gasteiger partial charge is 0.325 e. The molecule has 0 bridgehead atoms. The van der Waals surface area contributed by atoms with Gasteiger partial charge in [0, 0.05) is 37.1 Å². The van der Waals surface area contributed by atoms with Gasteiger partial charge in [-0.05, 0) is 50.3 Å². The first-order chi connectivity index (χ1) is 16.8. The molecule has 1 saturated carbocycles. The first kappa shape index (κ1) is 21.8. The van der Waals surface area contributed by atoms with Gasteiger partial charge in [-0.15, -0.1) is 10.2 Å². The van der Waals surface area contributed by atoms with Crippen LogP contribution in [0.15, 0.2) is 30.6 Å². The maximum absolute atomic E-state index is 14.0. The SMILES string of the molecule is Cc1cnc(Nc2ccnn2C)cc1-c1cc2n(n1)-c1nnc(C3(C(F)(F)F)CCC3)n1CCC2. The first-order valence-electron chi connectivity index (χ1n) is 11.6. The fourth-order valence-corrected chi connectivity index (χ4v) is 4.99. The summed E-state index contributed by atoms with van der Waals surface area (Å²) in [7, 11) is 1.83. The number of nitrogens with one attached hydrogen (secondary N) is 1. The lowest BCUT2D eigenvalue weighted by Crippen LogP contribution is -2.50. The van der Waals surface area contributed by atoms with Gasteiger partial charge in [0.2, 0.25) is 0 Å². The Balaban J connectivity index is 1.40. The van der Waals surface area contributed by atoms with Gasteiger partial charge >= 0.3 is 6.18 Å². The molecule has 182 valence electrons. The lowest BCUT2D eigenvalue weighted by molar-refractivity contribution is -0.216. The van der Waals surface area contributed by atoms with Gasteiger partial charge in [-0.2, -0.15) is 23.4 Å². The van der Waals surface area contributed by atoms with Crippen molar-refractivity contribution in [3.05, 3.63) is 47.7 Å². The van der Waals surface area contributed by atoms with E-state index in [1.807, 2.05) is 32.2 Å². The van der Waals surface area contributed by atoms with E-state index in [1.54, 1.807) is 26.3 Å². The Bertz CT molecular complexity index is 1410. The Kier molecular flexibility index (Phi) is 4.77. The number of anilines is 2. The maximum Gasteiger partial charge on any atom is 0.401 e. The van der Waals surface area contributed by atoms with Crippen molar-refractivity contribution in [3.63, 3.8) is 0 Å². The van der Waals surface area contributed by atoms with Gasteiger partial charge < -0.3 is 5.32 Å². The molecule has 0 atom stereocenters. The van der Waals surface area contributed by atoms with E-state index in [0.717, 1.165) is 22.6 Å². The van der Waals surface area contributed by atoms with Crippen LogP contribution in [0.5, 0.6) is 0 Å². The number of halogens is 3. The summed E-state index contributed by atoms with van der Waals surface area (Å²) in [6.45, 7) is 2.38. The van der Waals surface area contributed by atoms with Crippen LogP contribution in [0.1, 0.15) is 42.8 Å². The second-order valence-electron chi connectivity index (χ2n) is 9.29. The second-order valence-corrected chi connectivity index (χ2v) is 9.29. The summed E-state index contributed by atoms with van der Waals surface area (Å²) in [5, 5.41) is 20.5. The number of aromatic nitrogens is 8. The molecule has 35 heavy (non-hydrogen) atoms. The molecule has 0 radical (unpaired) electrons. The molecule has 4 aromatic rings. The maximum atomic E-state index is 14.0. The largest absolute Gasteiger partial charge is 0.401 e. The summed E-state index contributed by atoms with van der Waals surface area (Å²) in [6.07, 6.45) is 1.10. The second kappa shape index (κ2) is 7.65. The zero-order valence-corrected chi connectivity index (χ0v) is 19.3. The van der Waals surface area contributed by atoms with Gasteiger partial charge in [-0.3, -0.25) is 9.25 Å². The van der Waals surface area contributed by atoms with Crippen LogP contribution in [0, 0.1) is 6.92 Å². The van der Waals surface area contributed by atoms with Crippen molar-refractivity contribution in [2.45, 2.75) is 57.2 Å². The number of aryl methyl sites for hydroxylation is 3. The molecule has 0 saturated heterocycles. The first-order valence-corrected chi connectivity index (χ1v) is 11.6. The average molecular weight is 484 g/mol. The van der Waals surface area contributed by atoms with Gasteiger partial charge in [0.25, 0.3) is 5.95 Å². The van der Waals surface area contributed by atoms with E-state index in [4.69, 9.17) is 5.10 Å². The molecule has 0 unspecified atom stereocenters. The van der Waals surface area contributed by atoms with Crippen LogP contribution >= 0.6 is 0 Å². The summed E-state index contributed by atoms with van der Waals surface area (Å²) >= 11 is 0. The summed E-state index contributed by atoms with van der Waals surface area (Å²) < 4.78 is 47.1. The topological polar surface area (TPSA) is 91.3 Å². The van der Waals surface area contributed by atoms with Crippen molar-refractivity contribution in [3.8, 4) is 17.2 Å². The molecule has 0 amide bonds. The molecule has 4 aromatic heterocycles. The Labute approximate surface area is 199 Å². The van der Waals surface area contributed by atoms with Gasteiger partial charge in [0.05, 0.1) is 11.9 Å². The fraction of sp³-hybridized carbons (Fsp3) is 0.435. The highest BCUT2D eigenvalue weighted by atomic mass is 19.4. The van der Waals surface area contributed by atoms with E-state index in [2.05, 4.69) is 25.6 Å². The molecule has 0 spiro atoms.